The number of benzene rings is 3. The summed E-state index contributed by atoms with van der Waals surface area (Å²) in [6.45, 7) is 10.3. The van der Waals surface area contributed by atoms with Crippen LogP contribution in [-0.4, -0.2) is 11.0 Å². The minimum atomic E-state index is -0.785. The van der Waals surface area contributed by atoms with Crippen molar-refractivity contribution in [1.29, 1.82) is 0 Å². The molecule has 0 aliphatic carbocycles. The van der Waals surface area contributed by atoms with Gasteiger partial charge in [-0.05, 0) is 39.4 Å². The highest BCUT2D eigenvalue weighted by molar-refractivity contribution is 6.03. The first-order chi connectivity index (χ1) is 13.3. The molecule has 0 heterocycles. The molecule has 1 amide bonds. The van der Waals surface area contributed by atoms with Gasteiger partial charge in [-0.3, -0.25) is 4.79 Å². The molecular formula is C25H27NO2. The number of hydrogen-bond acceptors (Lipinski definition) is 2. The van der Waals surface area contributed by atoms with Crippen LogP contribution < -0.4 is 5.32 Å². The van der Waals surface area contributed by atoms with Crippen molar-refractivity contribution >= 4 is 22.4 Å². The van der Waals surface area contributed by atoms with Crippen molar-refractivity contribution in [2.45, 2.75) is 38.7 Å². The molecule has 0 aliphatic heterocycles. The highest BCUT2D eigenvalue weighted by Crippen LogP contribution is 2.28. The Morgan fingerprint density at radius 3 is 2.32 bits per heavy atom. The molecule has 0 aromatic heterocycles. The lowest BCUT2D eigenvalue weighted by molar-refractivity contribution is -0.113. The molecule has 144 valence electrons. The number of hydrogen-bond donors (Lipinski definition) is 2. The van der Waals surface area contributed by atoms with Crippen LogP contribution >= 0.6 is 0 Å². The number of anilines is 1. The lowest BCUT2D eigenvalue weighted by Gasteiger charge is -2.19. The highest BCUT2D eigenvalue weighted by Gasteiger charge is 2.17. The van der Waals surface area contributed by atoms with E-state index < -0.39 is 6.10 Å². The predicted molar refractivity (Wildman–Crippen MR) is 116 cm³/mol. The first-order valence-electron chi connectivity index (χ1n) is 9.51. The van der Waals surface area contributed by atoms with Gasteiger partial charge in [0.1, 0.15) is 0 Å². The summed E-state index contributed by atoms with van der Waals surface area (Å²) in [7, 11) is 0. The van der Waals surface area contributed by atoms with E-state index in [1.54, 1.807) is 0 Å². The third kappa shape index (κ3) is 4.49. The molecule has 0 aliphatic rings. The third-order valence-corrected chi connectivity index (χ3v) is 4.95. The summed E-state index contributed by atoms with van der Waals surface area (Å²) in [6.07, 6.45) is -0.604. The van der Waals surface area contributed by atoms with E-state index in [2.05, 4.69) is 32.7 Å². The predicted octanol–water partition coefficient (Wildman–Crippen LogP) is 5.76. The molecule has 3 heteroatoms. The lowest BCUT2D eigenvalue weighted by atomic mass is 9.87. The molecule has 0 radical (unpaired) electrons. The molecule has 0 unspecified atom stereocenters. The number of aliphatic hydroxyl groups excluding tert-OH is 1. The minimum absolute atomic E-state index is 0.0642. The number of aliphatic hydroxyl groups is 1. The van der Waals surface area contributed by atoms with Crippen LogP contribution in [-0.2, 0) is 10.2 Å². The van der Waals surface area contributed by atoms with Crippen molar-refractivity contribution in [3.05, 3.63) is 90.0 Å². The molecule has 0 saturated carbocycles. The summed E-state index contributed by atoms with van der Waals surface area (Å²) in [5, 5.41) is 15.6. The average Bonchev–Trinajstić information content (AvgIpc) is 2.67. The van der Waals surface area contributed by atoms with Crippen molar-refractivity contribution in [2.24, 2.45) is 0 Å². The Morgan fingerprint density at radius 2 is 1.64 bits per heavy atom. The highest BCUT2D eigenvalue weighted by atomic mass is 16.3. The molecular weight excluding hydrogens is 346 g/mol. The van der Waals surface area contributed by atoms with Gasteiger partial charge in [-0.25, -0.2) is 0 Å². The normalized spacial score (nSPS) is 12.6. The van der Waals surface area contributed by atoms with E-state index in [0.717, 1.165) is 22.0 Å². The standard InChI is InChI=1S/C25H27NO2/c1-17(24(28)26-20-14-12-19(13-15-20)25(2,3)4)16-23(27)22-11-7-9-18-8-5-6-10-21(18)22/h5-15,23,27H,1,16H2,2-4H3,(H,26,28)/t23-/m0/s1. The Labute approximate surface area is 166 Å². The van der Waals surface area contributed by atoms with Crippen molar-refractivity contribution in [3.8, 4) is 0 Å². The van der Waals surface area contributed by atoms with Crippen LogP contribution in [0.25, 0.3) is 10.8 Å². The molecule has 0 fully saturated rings. The van der Waals surface area contributed by atoms with Crippen LogP contribution in [0.4, 0.5) is 5.69 Å². The summed E-state index contributed by atoms with van der Waals surface area (Å²) >= 11 is 0. The van der Waals surface area contributed by atoms with Gasteiger partial charge in [-0.1, -0.05) is 81.9 Å². The average molecular weight is 373 g/mol. The third-order valence-electron chi connectivity index (χ3n) is 4.95. The largest absolute Gasteiger partial charge is 0.388 e. The van der Waals surface area contributed by atoms with Crippen LogP contribution in [0, 0.1) is 0 Å². The number of amides is 1. The summed E-state index contributed by atoms with van der Waals surface area (Å²) in [6, 6.07) is 21.5. The molecule has 0 spiro atoms. The van der Waals surface area contributed by atoms with Gasteiger partial charge in [0.15, 0.2) is 0 Å². The maximum atomic E-state index is 12.5. The Bertz CT molecular complexity index is 992. The second-order valence-electron chi connectivity index (χ2n) is 8.17. The van der Waals surface area contributed by atoms with Crippen LogP contribution in [0.3, 0.4) is 0 Å². The maximum absolute atomic E-state index is 12.5. The van der Waals surface area contributed by atoms with Crippen LogP contribution in [0.5, 0.6) is 0 Å². The number of carbonyl (C=O) groups excluding carboxylic acids is 1. The van der Waals surface area contributed by atoms with Crippen molar-refractivity contribution in [2.75, 3.05) is 5.32 Å². The monoisotopic (exact) mass is 373 g/mol. The van der Waals surface area contributed by atoms with E-state index in [1.165, 1.54) is 5.56 Å². The van der Waals surface area contributed by atoms with E-state index in [4.69, 9.17) is 0 Å². The van der Waals surface area contributed by atoms with Crippen molar-refractivity contribution < 1.29 is 9.90 Å². The fourth-order valence-electron chi connectivity index (χ4n) is 3.25. The molecule has 1 atom stereocenters. The Balaban J connectivity index is 1.67. The number of rotatable bonds is 5. The second-order valence-corrected chi connectivity index (χ2v) is 8.17. The maximum Gasteiger partial charge on any atom is 0.251 e. The van der Waals surface area contributed by atoms with Gasteiger partial charge in [0.25, 0.3) is 5.91 Å². The van der Waals surface area contributed by atoms with E-state index in [1.807, 2.05) is 66.7 Å². The van der Waals surface area contributed by atoms with Gasteiger partial charge in [-0.2, -0.15) is 0 Å². The van der Waals surface area contributed by atoms with E-state index in [9.17, 15) is 9.90 Å². The fraction of sp³-hybridized carbons (Fsp3) is 0.240. The molecule has 3 aromatic carbocycles. The zero-order chi connectivity index (χ0) is 20.3. The summed E-state index contributed by atoms with van der Waals surface area (Å²) in [5.74, 6) is -0.275. The van der Waals surface area contributed by atoms with Gasteiger partial charge < -0.3 is 10.4 Å². The van der Waals surface area contributed by atoms with Crippen molar-refractivity contribution in [3.63, 3.8) is 0 Å². The smallest absolute Gasteiger partial charge is 0.251 e. The Morgan fingerprint density at radius 1 is 1.00 bits per heavy atom. The van der Waals surface area contributed by atoms with Gasteiger partial charge in [0.2, 0.25) is 0 Å². The number of nitrogens with one attached hydrogen (secondary N) is 1. The SMILES string of the molecule is C=C(C[C@H](O)c1cccc2ccccc12)C(=O)Nc1ccc(C(C)(C)C)cc1. The minimum Gasteiger partial charge on any atom is -0.388 e. The number of carbonyl (C=O) groups is 1. The molecule has 0 saturated heterocycles. The zero-order valence-corrected chi connectivity index (χ0v) is 16.7. The van der Waals surface area contributed by atoms with Crippen molar-refractivity contribution in [1.82, 2.24) is 0 Å². The topological polar surface area (TPSA) is 49.3 Å². The molecule has 28 heavy (non-hydrogen) atoms. The fourth-order valence-corrected chi connectivity index (χ4v) is 3.25. The summed E-state index contributed by atoms with van der Waals surface area (Å²) in [5.41, 5.74) is 3.14. The van der Waals surface area contributed by atoms with E-state index in [0.29, 0.717) is 5.57 Å². The van der Waals surface area contributed by atoms with Crippen LogP contribution in [0.2, 0.25) is 0 Å². The second kappa shape index (κ2) is 7.99. The first-order valence-corrected chi connectivity index (χ1v) is 9.51. The van der Waals surface area contributed by atoms with Gasteiger partial charge in [-0.15, -0.1) is 0 Å². The van der Waals surface area contributed by atoms with Gasteiger partial charge >= 0.3 is 0 Å². The summed E-state index contributed by atoms with van der Waals surface area (Å²) in [4.78, 5) is 12.5. The molecule has 3 rings (SSSR count). The van der Waals surface area contributed by atoms with Gasteiger partial charge in [0, 0.05) is 17.7 Å². The molecule has 0 bridgehead atoms. The van der Waals surface area contributed by atoms with Crippen LogP contribution in [0.15, 0.2) is 78.9 Å². The lowest BCUT2D eigenvalue weighted by Crippen LogP contribution is -2.16. The summed E-state index contributed by atoms with van der Waals surface area (Å²) < 4.78 is 0. The zero-order valence-electron chi connectivity index (χ0n) is 16.7. The quantitative estimate of drug-likeness (QED) is 0.559. The van der Waals surface area contributed by atoms with E-state index in [-0.39, 0.29) is 17.7 Å². The molecule has 3 nitrogen and oxygen atoms in total. The number of fused-ring (bicyclic) bond motifs is 1. The Hall–Kier alpha value is -2.91. The Kier molecular flexibility index (Phi) is 5.66. The molecule has 3 aromatic rings. The van der Waals surface area contributed by atoms with Crippen LogP contribution in [0.1, 0.15) is 44.4 Å². The van der Waals surface area contributed by atoms with Gasteiger partial charge in [0.05, 0.1) is 6.10 Å². The first kappa shape index (κ1) is 19.8. The molecule has 2 N–H and O–H groups in total. The van der Waals surface area contributed by atoms with E-state index >= 15 is 0 Å².